The fourth-order valence-corrected chi connectivity index (χ4v) is 2.59. The first-order valence-corrected chi connectivity index (χ1v) is 9.25. The van der Waals surface area contributed by atoms with Crippen molar-refractivity contribution in [2.75, 3.05) is 0 Å². The zero-order valence-electron chi connectivity index (χ0n) is 2.81. The standard InChI is InChI=1S/BrCl2OPS2/c1-5(4,6-2)7-3. The van der Waals surface area contributed by atoms with Gasteiger partial charge in [-0.15, -0.1) is 0 Å². The maximum atomic E-state index is 10.5. The molecule has 0 aliphatic heterocycles. The molecular weight excluding hydrogens is 262 g/mol. The molecule has 0 fully saturated rings. The van der Waals surface area contributed by atoms with E-state index in [-0.39, 0.29) is 0 Å². The predicted octanol–water partition coefficient (Wildman–Crippen LogP) is 4.26. The molecule has 0 aliphatic carbocycles. The zero-order valence-corrected chi connectivity index (χ0v) is 8.43. The van der Waals surface area contributed by atoms with Crippen molar-refractivity contribution in [1.29, 1.82) is 0 Å². The van der Waals surface area contributed by atoms with Crippen LogP contribution in [0.2, 0.25) is 0 Å². The van der Waals surface area contributed by atoms with Crippen molar-refractivity contribution in [3.05, 3.63) is 0 Å². The molecule has 0 radical (unpaired) electrons. The molecule has 0 heterocycles. The van der Waals surface area contributed by atoms with E-state index in [1.807, 2.05) is 0 Å². The lowest BCUT2D eigenvalue weighted by Crippen LogP contribution is -1.34. The van der Waals surface area contributed by atoms with Gasteiger partial charge in [-0.3, -0.25) is 4.57 Å². The van der Waals surface area contributed by atoms with Gasteiger partial charge >= 0.3 is 0 Å². The average Bonchev–Trinajstić information content (AvgIpc) is 1.68. The van der Waals surface area contributed by atoms with Gasteiger partial charge in [0.15, 0.2) is 0 Å². The van der Waals surface area contributed by atoms with Gasteiger partial charge in [0, 0.05) is 36.7 Å². The Hall–Kier alpha value is 1.99. The third-order valence-electron chi connectivity index (χ3n) is 0.165. The van der Waals surface area contributed by atoms with Crippen molar-refractivity contribution >= 4 is 62.3 Å². The predicted molar refractivity (Wildman–Crippen MR) is 43.4 cm³/mol. The number of halogens is 3. The molecule has 7 heteroatoms. The van der Waals surface area contributed by atoms with E-state index >= 15 is 0 Å². The van der Waals surface area contributed by atoms with Crippen LogP contribution in [0.4, 0.5) is 0 Å². The molecule has 0 atom stereocenters. The van der Waals surface area contributed by atoms with Gasteiger partial charge in [0.05, 0.1) is 0 Å². The molecule has 0 rings (SSSR count). The van der Waals surface area contributed by atoms with Crippen molar-refractivity contribution in [2.45, 2.75) is 0 Å². The molecule has 0 spiro atoms. The Kier molecular flexibility index (Phi) is 5.02. The number of hydrogen-bond acceptors (Lipinski definition) is 3. The fraction of sp³-hybridized carbons (Fsp3) is 0. The molecule has 0 aromatic rings. The lowest BCUT2D eigenvalue weighted by molar-refractivity contribution is 0.602. The molecule has 0 saturated heterocycles. The highest BCUT2D eigenvalue weighted by atomic mass is 79.9. The van der Waals surface area contributed by atoms with Crippen molar-refractivity contribution in [3.63, 3.8) is 0 Å². The van der Waals surface area contributed by atoms with Crippen molar-refractivity contribution in [2.24, 2.45) is 0 Å². The van der Waals surface area contributed by atoms with E-state index in [1.165, 1.54) is 0 Å². The third kappa shape index (κ3) is 4.49. The van der Waals surface area contributed by atoms with Gasteiger partial charge in [-0.2, -0.15) is 0 Å². The smallest absolute Gasteiger partial charge is 0.281 e. The molecular formula is BrCl2OPS2. The summed E-state index contributed by atoms with van der Waals surface area (Å²) in [5, 5.41) is 0. The summed E-state index contributed by atoms with van der Waals surface area (Å²) >= 11 is 2.80. The minimum Gasteiger partial charge on any atom is -0.286 e. The highest BCUT2D eigenvalue weighted by molar-refractivity contribution is 9.60. The van der Waals surface area contributed by atoms with Crippen LogP contribution in [0.15, 0.2) is 0 Å². The van der Waals surface area contributed by atoms with Crippen molar-refractivity contribution in [3.8, 4) is 0 Å². The molecule has 0 saturated carbocycles. The van der Waals surface area contributed by atoms with Crippen LogP contribution < -0.4 is 0 Å². The first kappa shape index (κ1) is 8.99. The Morgan fingerprint density at radius 2 is 1.71 bits per heavy atom. The van der Waals surface area contributed by atoms with E-state index in [0.717, 1.165) is 0 Å². The Balaban J connectivity index is 3.61. The second kappa shape index (κ2) is 3.91. The highest BCUT2D eigenvalue weighted by Crippen LogP contribution is 2.77. The Labute approximate surface area is 66.5 Å². The van der Waals surface area contributed by atoms with Crippen LogP contribution in [0.1, 0.15) is 0 Å². The molecule has 0 aliphatic rings. The molecule has 0 aromatic carbocycles. The first-order valence-electron chi connectivity index (χ1n) is 1.03. The minimum absolute atomic E-state index is 0.703. The van der Waals surface area contributed by atoms with E-state index in [9.17, 15) is 4.57 Å². The molecule has 7 heavy (non-hydrogen) atoms. The second-order valence-corrected chi connectivity index (χ2v) is 14.6. The SMILES string of the molecule is O=P(Br)(SCl)SCl. The highest BCUT2D eigenvalue weighted by Gasteiger charge is 2.16. The molecule has 44 valence electrons. The average molecular weight is 262 g/mol. The zero-order chi connectivity index (χ0) is 5.91. The lowest BCUT2D eigenvalue weighted by atomic mass is 16.0. The van der Waals surface area contributed by atoms with Crippen LogP contribution in [0.25, 0.3) is 0 Å². The number of rotatable bonds is 2. The molecule has 1 nitrogen and oxygen atoms in total. The summed E-state index contributed by atoms with van der Waals surface area (Å²) in [6.45, 7) is 0. The van der Waals surface area contributed by atoms with Gasteiger partial charge in [0.1, 0.15) is 0 Å². The van der Waals surface area contributed by atoms with Gasteiger partial charge in [-0.05, 0) is 21.4 Å². The Morgan fingerprint density at radius 1 is 1.43 bits per heavy atom. The van der Waals surface area contributed by atoms with Crippen LogP contribution in [-0.2, 0) is 4.57 Å². The molecule has 0 N–H and O–H groups in total. The third-order valence-corrected chi connectivity index (χ3v) is 13.4. The molecule has 0 aromatic heterocycles. The summed E-state index contributed by atoms with van der Waals surface area (Å²) in [5.74, 6) is 0. The van der Waals surface area contributed by atoms with Crippen LogP contribution in [0.5, 0.6) is 0 Å². The summed E-state index contributed by atoms with van der Waals surface area (Å²) < 4.78 is 8.05. The summed E-state index contributed by atoms with van der Waals surface area (Å²) in [6.07, 6.45) is 0. The fourth-order valence-electron chi connectivity index (χ4n) is 0.0106. The van der Waals surface area contributed by atoms with Gasteiger partial charge in [-0.1, -0.05) is 0 Å². The van der Waals surface area contributed by atoms with E-state index < -0.39 is 4.25 Å². The van der Waals surface area contributed by atoms with E-state index in [1.54, 1.807) is 0 Å². The maximum Gasteiger partial charge on any atom is 0.281 e. The number of hydrogen-bond donors (Lipinski definition) is 0. The monoisotopic (exact) mass is 260 g/mol. The van der Waals surface area contributed by atoms with E-state index in [4.69, 9.17) is 21.4 Å². The first-order chi connectivity index (χ1) is 3.12. The van der Waals surface area contributed by atoms with Crippen molar-refractivity contribution < 1.29 is 4.57 Å². The summed E-state index contributed by atoms with van der Waals surface area (Å²) in [4.78, 5) is 0. The lowest BCUT2D eigenvalue weighted by Gasteiger charge is -1.93. The van der Waals surface area contributed by atoms with Gasteiger partial charge in [0.25, 0.3) is 4.25 Å². The van der Waals surface area contributed by atoms with Crippen LogP contribution >= 0.6 is 62.3 Å². The van der Waals surface area contributed by atoms with Gasteiger partial charge in [0.2, 0.25) is 0 Å². The Bertz CT molecular complexity index is 87.7. The van der Waals surface area contributed by atoms with E-state index in [2.05, 4.69) is 15.5 Å². The maximum absolute atomic E-state index is 10.5. The Morgan fingerprint density at radius 3 is 1.71 bits per heavy atom. The van der Waals surface area contributed by atoms with Gasteiger partial charge in [-0.25, -0.2) is 0 Å². The van der Waals surface area contributed by atoms with Crippen LogP contribution in [0, 0.1) is 0 Å². The second-order valence-electron chi connectivity index (χ2n) is 0.569. The summed E-state index contributed by atoms with van der Waals surface area (Å²) in [6, 6.07) is 0. The van der Waals surface area contributed by atoms with Crippen LogP contribution in [-0.4, -0.2) is 0 Å². The topological polar surface area (TPSA) is 17.1 Å². The normalized spacial score (nSPS) is 11.9. The summed E-state index contributed by atoms with van der Waals surface area (Å²) in [7, 11) is 11.6. The quantitative estimate of drug-likeness (QED) is 0.692. The van der Waals surface area contributed by atoms with Crippen molar-refractivity contribution in [1.82, 2.24) is 0 Å². The minimum atomic E-state index is -2.48. The van der Waals surface area contributed by atoms with Gasteiger partial charge < -0.3 is 0 Å². The molecule has 0 amide bonds. The molecule has 0 bridgehead atoms. The van der Waals surface area contributed by atoms with Crippen LogP contribution in [0.3, 0.4) is 0 Å². The largest absolute Gasteiger partial charge is 0.286 e. The summed E-state index contributed by atoms with van der Waals surface area (Å²) in [5.41, 5.74) is 0. The molecule has 0 unspecified atom stereocenters. The van der Waals surface area contributed by atoms with E-state index in [0.29, 0.717) is 21.2 Å².